The molecule has 1 aliphatic carbocycles. The van der Waals surface area contributed by atoms with E-state index in [0.29, 0.717) is 98.4 Å². The first-order valence-electron chi connectivity index (χ1n) is 29.8. The van der Waals surface area contributed by atoms with Gasteiger partial charge in [-0.05, 0) is 46.5 Å². The minimum atomic E-state index is -1.76. The molecule has 8 aromatic carbocycles. The Labute approximate surface area is 500 Å². The standard InChI is InChI=1S/C68H72N4O8P4/c1-9-69(10-2)81-73-57-41-59-51-37-49(57)65(45-29-21-17-22-30-45)50-38-52-60(42-58(50)74-81)76-83(71(13-5)14-6)78-62-44-64-56(40-54(62)67(52)47-33-25-19-26-34-47)68(48-35-27-20-28-36-48)55-39-53(66(51)46-31-23-18-24-32-46)61(77-82(75-59)70(11-3)12-4)43-63(55)79-84(80-64)72(15-7)16-8/h17-44,65-68H,9-16H2,1-8H3. The maximum absolute atomic E-state index is 7.53. The van der Waals surface area contributed by atoms with Crippen molar-refractivity contribution >= 4 is 34.1 Å². The van der Waals surface area contributed by atoms with Gasteiger partial charge in [-0.2, -0.15) is 0 Å². The van der Waals surface area contributed by atoms with Crippen molar-refractivity contribution in [3.05, 3.63) is 237 Å². The van der Waals surface area contributed by atoms with Crippen LogP contribution >= 0.6 is 34.1 Å². The molecule has 0 aromatic heterocycles. The fraction of sp³-hybridized carbons (Fsp3) is 0.294. The van der Waals surface area contributed by atoms with Crippen molar-refractivity contribution in [3.8, 4) is 46.0 Å². The Morgan fingerprint density at radius 1 is 0.238 bits per heavy atom. The quantitative estimate of drug-likeness (QED) is 0.0864. The lowest BCUT2D eigenvalue weighted by Crippen LogP contribution is -2.27. The van der Waals surface area contributed by atoms with Gasteiger partial charge in [0.2, 0.25) is 0 Å². The minimum absolute atomic E-state index is 0.401. The third-order valence-corrected chi connectivity index (χ3v) is 23.8. The zero-order chi connectivity index (χ0) is 57.6. The average Bonchev–Trinajstić information content (AvgIpc) is 1.91. The molecule has 0 N–H and O–H groups in total. The van der Waals surface area contributed by atoms with E-state index in [2.05, 4.69) is 244 Å². The fourth-order valence-electron chi connectivity index (χ4n) is 12.5. The molecule has 8 aromatic rings. The second-order valence-corrected chi connectivity index (χ2v) is 26.9. The Morgan fingerprint density at radius 2 is 0.393 bits per heavy atom. The zero-order valence-electron chi connectivity index (χ0n) is 49.0. The molecule has 432 valence electrons. The fourth-order valence-corrected chi connectivity index (χ4v) is 18.1. The van der Waals surface area contributed by atoms with Gasteiger partial charge in [0.05, 0.1) is 0 Å². The molecule has 12 nitrogen and oxygen atoms in total. The predicted octanol–water partition coefficient (Wildman–Crippen LogP) is 18.1. The molecule has 5 aliphatic rings. The normalized spacial score (nSPS) is 21.5. The molecule has 4 heterocycles. The number of benzene rings is 8. The van der Waals surface area contributed by atoms with Crippen LogP contribution in [0.1, 0.15) is 146 Å². The average molecular weight is 1200 g/mol. The first kappa shape index (κ1) is 56.8. The zero-order valence-corrected chi connectivity index (χ0v) is 52.6. The molecule has 0 radical (unpaired) electrons. The highest BCUT2D eigenvalue weighted by Crippen LogP contribution is 2.64. The van der Waals surface area contributed by atoms with Gasteiger partial charge in [0.1, 0.15) is 46.0 Å². The molecule has 4 aliphatic heterocycles. The molecule has 0 saturated heterocycles. The minimum Gasteiger partial charge on any atom is -0.427 e. The van der Waals surface area contributed by atoms with E-state index in [4.69, 9.17) is 36.2 Å². The Bertz CT molecular complexity index is 3040. The number of hydrogen-bond donors (Lipinski definition) is 0. The maximum atomic E-state index is 7.53. The summed E-state index contributed by atoms with van der Waals surface area (Å²) in [7, 11) is -7.05. The van der Waals surface area contributed by atoms with E-state index in [1.54, 1.807) is 0 Å². The highest BCUT2D eigenvalue weighted by molar-refractivity contribution is 7.46. The van der Waals surface area contributed by atoms with Crippen molar-refractivity contribution in [2.75, 3.05) is 52.4 Å². The monoisotopic (exact) mass is 1200 g/mol. The molecule has 0 atom stereocenters. The van der Waals surface area contributed by atoms with Crippen LogP contribution in [0.3, 0.4) is 0 Å². The Balaban J connectivity index is 1.25. The molecule has 0 fully saturated rings. The van der Waals surface area contributed by atoms with Gasteiger partial charge in [-0.15, -0.1) is 0 Å². The summed E-state index contributed by atoms with van der Waals surface area (Å²) in [5.74, 6) is 3.94. The summed E-state index contributed by atoms with van der Waals surface area (Å²) >= 11 is 0. The summed E-state index contributed by atoms with van der Waals surface area (Å²) in [4.78, 5) is 0. The van der Waals surface area contributed by atoms with E-state index in [0.717, 1.165) is 66.8 Å². The van der Waals surface area contributed by atoms with Gasteiger partial charge in [0, 0.05) is 145 Å². The second-order valence-electron chi connectivity index (χ2n) is 21.3. The lowest BCUT2D eigenvalue weighted by atomic mass is 9.75. The molecule has 0 saturated carbocycles. The second kappa shape index (κ2) is 24.6. The van der Waals surface area contributed by atoms with Crippen LogP contribution in [0.25, 0.3) is 0 Å². The summed E-state index contributed by atoms with van der Waals surface area (Å²) in [6, 6.07) is 61.5. The van der Waals surface area contributed by atoms with Crippen LogP contribution < -0.4 is 36.2 Å². The van der Waals surface area contributed by atoms with Crippen LogP contribution in [0.4, 0.5) is 0 Å². The van der Waals surface area contributed by atoms with Gasteiger partial charge < -0.3 is 36.2 Å². The summed E-state index contributed by atoms with van der Waals surface area (Å²) < 4.78 is 69.4. The van der Waals surface area contributed by atoms with Crippen molar-refractivity contribution in [1.29, 1.82) is 0 Å². The number of hydrogen-bond acceptors (Lipinski definition) is 12. The van der Waals surface area contributed by atoms with E-state index in [1.165, 1.54) is 0 Å². The SMILES string of the molecule is CCN(CC)P1Oc2cc3c4cc2C(c2ccccc2)c2cc5c(cc2O1)OP(N(CC)CC)Oc1cc2c(cc1C5c1ccccc1)C(c1ccccc1)c1cc(c(cc1OP(N(CC)CC)O2)OP(N(CC)CC)O3)C4c1ccccc1. The first-order valence-corrected chi connectivity index (χ1v) is 34.3. The molecular formula is C68H72N4O8P4. The number of nitrogens with zero attached hydrogens (tertiary/aromatic N) is 4. The highest BCUT2D eigenvalue weighted by Gasteiger charge is 2.44. The van der Waals surface area contributed by atoms with Crippen molar-refractivity contribution in [1.82, 2.24) is 18.7 Å². The van der Waals surface area contributed by atoms with Crippen LogP contribution in [-0.4, -0.2) is 71.0 Å². The van der Waals surface area contributed by atoms with Gasteiger partial charge in [-0.1, -0.05) is 177 Å². The van der Waals surface area contributed by atoms with Crippen molar-refractivity contribution in [2.45, 2.75) is 79.1 Å². The van der Waals surface area contributed by atoms with Gasteiger partial charge in [-0.3, -0.25) is 0 Å². The molecular weight excluding hydrogens is 1120 g/mol. The third-order valence-electron chi connectivity index (χ3n) is 16.8. The van der Waals surface area contributed by atoms with Crippen LogP contribution in [0, 0.1) is 0 Å². The predicted molar refractivity (Wildman–Crippen MR) is 340 cm³/mol. The molecule has 84 heavy (non-hydrogen) atoms. The summed E-state index contributed by atoms with van der Waals surface area (Å²) in [6.07, 6.45) is 0. The Hall–Kier alpha value is -6.28. The van der Waals surface area contributed by atoms with Crippen LogP contribution in [-0.2, 0) is 0 Å². The molecule has 0 spiro atoms. The Kier molecular flexibility index (Phi) is 16.6. The molecule has 8 bridgehead atoms. The number of rotatable bonds is 16. The topological polar surface area (TPSA) is 86.8 Å². The van der Waals surface area contributed by atoms with E-state index < -0.39 is 57.8 Å². The molecule has 0 amide bonds. The van der Waals surface area contributed by atoms with E-state index >= 15 is 0 Å². The van der Waals surface area contributed by atoms with Crippen molar-refractivity contribution in [3.63, 3.8) is 0 Å². The largest absolute Gasteiger partial charge is 0.427 e. The van der Waals surface area contributed by atoms with Gasteiger partial charge in [0.15, 0.2) is 0 Å². The maximum Gasteiger partial charge on any atom is 0.384 e. The van der Waals surface area contributed by atoms with Crippen LogP contribution in [0.15, 0.2) is 170 Å². The van der Waals surface area contributed by atoms with E-state index in [9.17, 15) is 0 Å². The Morgan fingerprint density at radius 3 is 0.536 bits per heavy atom. The third kappa shape index (κ3) is 10.4. The van der Waals surface area contributed by atoms with Crippen molar-refractivity contribution in [2.24, 2.45) is 0 Å². The first-order chi connectivity index (χ1) is 41.3. The van der Waals surface area contributed by atoms with Crippen LogP contribution in [0.2, 0.25) is 0 Å². The lowest BCUT2D eigenvalue weighted by molar-refractivity contribution is 0.352. The summed E-state index contributed by atoms with van der Waals surface area (Å²) in [5.41, 5.74) is 12.3. The van der Waals surface area contributed by atoms with Gasteiger partial charge >= 0.3 is 34.1 Å². The smallest absolute Gasteiger partial charge is 0.384 e. The highest BCUT2D eigenvalue weighted by atomic mass is 31.2. The van der Waals surface area contributed by atoms with Gasteiger partial charge in [-0.25, -0.2) is 18.7 Å². The molecule has 16 heteroatoms. The van der Waals surface area contributed by atoms with Gasteiger partial charge in [0.25, 0.3) is 0 Å². The molecule has 13 rings (SSSR count). The lowest BCUT2D eigenvalue weighted by Gasteiger charge is -2.39. The van der Waals surface area contributed by atoms with E-state index in [1.807, 2.05) is 0 Å². The summed E-state index contributed by atoms with van der Waals surface area (Å²) in [6.45, 7) is 22.9. The van der Waals surface area contributed by atoms with Crippen LogP contribution in [0.5, 0.6) is 46.0 Å². The summed E-state index contributed by atoms with van der Waals surface area (Å²) in [5, 5.41) is 0. The van der Waals surface area contributed by atoms with E-state index in [-0.39, 0.29) is 0 Å². The van der Waals surface area contributed by atoms with Crippen molar-refractivity contribution < 1.29 is 36.2 Å². The molecule has 0 unspecified atom stereocenters.